The Kier molecular flexibility index (Phi) is 12.2. The van der Waals surface area contributed by atoms with Crippen LogP contribution in [-0.2, 0) is 28.7 Å². The molecular formula is C40H50BrN3O7. The third-order valence-electron chi connectivity index (χ3n) is 10.9. The molecule has 3 fully saturated rings. The summed E-state index contributed by atoms with van der Waals surface area (Å²) in [5.74, 6) is -3.85. The van der Waals surface area contributed by atoms with Crippen molar-refractivity contribution in [3.63, 3.8) is 0 Å². The highest BCUT2D eigenvalue weighted by molar-refractivity contribution is 9.09. The molecule has 3 aliphatic rings. The lowest BCUT2D eigenvalue weighted by Crippen LogP contribution is -2.60. The second-order valence-electron chi connectivity index (χ2n) is 14.0. The van der Waals surface area contributed by atoms with Crippen LogP contribution in [0.1, 0.15) is 62.3 Å². The van der Waals surface area contributed by atoms with E-state index in [1.165, 1.54) is 4.90 Å². The minimum Gasteiger partial charge on any atom is -0.455 e. The topological polar surface area (TPSA) is 125 Å². The molecule has 2 aromatic rings. The number of aryl methyl sites for hydroxylation is 2. The molecule has 0 aliphatic carbocycles. The maximum atomic E-state index is 15.2. The van der Waals surface area contributed by atoms with Crippen molar-refractivity contribution in [2.24, 2.45) is 17.8 Å². The van der Waals surface area contributed by atoms with Gasteiger partial charge in [-0.25, -0.2) is 0 Å². The first-order valence-electron chi connectivity index (χ1n) is 17.8. The summed E-state index contributed by atoms with van der Waals surface area (Å²) in [5.41, 5.74) is 1.81. The zero-order chi connectivity index (χ0) is 37.0. The molecule has 3 heterocycles. The summed E-state index contributed by atoms with van der Waals surface area (Å²) in [5, 5.41) is 13.7. The van der Waals surface area contributed by atoms with E-state index in [1.807, 2.05) is 76.2 Å². The van der Waals surface area contributed by atoms with Gasteiger partial charge in [0.25, 0.3) is 5.91 Å². The van der Waals surface area contributed by atoms with Crippen LogP contribution in [0.15, 0.2) is 73.8 Å². The number of allylic oxidation sites excluding steroid dienone is 1. The molecule has 5 rings (SSSR count). The highest BCUT2D eigenvalue weighted by Gasteiger charge is 2.78. The molecule has 51 heavy (non-hydrogen) atoms. The number of carbonyl (C=O) groups excluding carboxylic acids is 4. The Bertz CT molecular complexity index is 1610. The van der Waals surface area contributed by atoms with Crippen LogP contribution < -0.4 is 10.2 Å². The molecule has 274 valence electrons. The second kappa shape index (κ2) is 16.3. The Balaban J connectivity index is 1.56. The van der Waals surface area contributed by atoms with E-state index in [0.29, 0.717) is 24.8 Å². The molecule has 2 bridgehead atoms. The Morgan fingerprint density at radius 1 is 1.14 bits per heavy atom. The number of hydrogen-bond acceptors (Lipinski definition) is 7. The van der Waals surface area contributed by atoms with Gasteiger partial charge in [0, 0.05) is 23.5 Å². The van der Waals surface area contributed by atoms with Crippen LogP contribution >= 0.6 is 15.9 Å². The number of nitrogens with zero attached hydrogens (tertiary/aromatic N) is 2. The van der Waals surface area contributed by atoms with Gasteiger partial charge in [0.15, 0.2) is 0 Å². The van der Waals surface area contributed by atoms with E-state index >= 15 is 4.79 Å². The summed E-state index contributed by atoms with van der Waals surface area (Å²) in [6.45, 7) is 15.2. The quantitative estimate of drug-likeness (QED) is 0.134. The van der Waals surface area contributed by atoms with Gasteiger partial charge >= 0.3 is 5.97 Å². The molecule has 9 atom stereocenters. The number of aliphatic hydroxyl groups is 1. The second-order valence-corrected chi connectivity index (χ2v) is 15.2. The standard InChI is InChI=1S/C40H50BrN3O7/c1-7-10-19-31(46)42-22-30(27-17-12-11-13-18-27)50-39(49)32-33-37(47)44(29(23-45)24(4)9-3)36(40(33)21-28(41)35(32)51-40)38(48)43(20-8-2)34-25(5)15-14-16-26(34)6/h7-8,11-18,24,28-30,32-33,35-36,45H,1-2,9-10,19-23H2,3-6H3,(H,42,46)/t24-,28?,29-,30-,32-,33+,35-,36-,40+/m0/s1. The number of rotatable bonds is 16. The van der Waals surface area contributed by atoms with Crippen LogP contribution in [-0.4, -0.2) is 82.0 Å². The third-order valence-corrected chi connectivity index (χ3v) is 11.7. The minimum absolute atomic E-state index is 0.0333. The number of nitrogens with one attached hydrogen (secondary N) is 1. The van der Waals surface area contributed by atoms with Crippen molar-refractivity contribution >= 4 is 45.3 Å². The number of amides is 3. The van der Waals surface area contributed by atoms with Gasteiger partial charge in [0.2, 0.25) is 11.8 Å². The fourth-order valence-corrected chi connectivity index (χ4v) is 9.17. The van der Waals surface area contributed by atoms with E-state index in [2.05, 4.69) is 34.4 Å². The van der Waals surface area contributed by atoms with E-state index in [-0.39, 0.29) is 48.7 Å². The molecule has 2 aromatic carbocycles. The van der Waals surface area contributed by atoms with Gasteiger partial charge in [-0.3, -0.25) is 19.2 Å². The first kappa shape index (κ1) is 38.4. The number of esters is 1. The lowest BCUT2D eigenvalue weighted by atomic mass is 9.70. The fourth-order valence-electron chi connectivity index (χ4n) is 8.23. The summed E-state index contributed by atoms with van der Waals surface area (Å²) in [4.78, 5) is 59.9. The van der Waals surface area contributed by atoms with Crippen molar-refractivity contribution in [2.45, 2.75) is 88.1 Å². The normalized spacial score (nSPS) is 26.6. The highest BCUT2D eigenvalue weighted by atomic mass is 79.9. The van der Waals surface area contributed by atoms with Crippen LogP contribution in [0.2, 0.25) is 0 Å². The van der Waals surface area contributed by atoms with Gasteiger partial charge in [0.1, 0.15) is 17.7 Å². The van der Waals surface area contributed by atoms with Crippen molar-refractivity contribution in [1.29, 1.82) is 0 Å². The zero-order valence-electron chi connectivity index (χ0n) is 29.9. The first-order chi connectivity index (χ1) is 24.4. The van der Waals surface area contributed by atoms with Gasteiger partial charge in [-0.1, -0.05) is 96.9 Å². The number of para-hydroxylation sites is 1. The number of ether oxygens (including phenoxy) is 2. The van der Waals surface area contributed by atoms with Crippen LogP contribution in [0, 0.1) is 31.6 Å². The summed E-state index contributed by atoms with van der Waals surface area (Å²) in [6.07, 6.45) is 3.45. The zero-order valence-corrected chi connectivity index (χ0v) is 31.5. The summed E-state index contributed by atoms with van der Waals surface area (Å²) >= 11 is 3.75. The van der Waals surface area contributed by atoms with Crippen molar-refractivity contribution in [2.75, 3.05) is 24.6 Å². The van der Waals surface area contributed by atoms with E-state index < -0.39 is 53.6 Å². The van der Waals surface area contributed by atoms with Gasteiger partial charge in [0.05, 0.1) is 37.1 Å². The van der Waals surface area contributed by atoms with Crippen LogP contribution in [0.3, 0.4) is 0 Å². The smallest absolute Gasteiger partial charge is 0.313 e. The molecule has 3 aliphatic heterocycles. The fraction of sp³-hybridized carbons (Fsp3) is 0.500. The number of hydrogen-bond donors (Lipinski definition) is 2. The predicted octanol–water partition coefficient (Wildman–Crippen LogP) is 5.34. The summed E-state index contributed by atoms with van der Waals surface area (Å²) < 4.78 is 13.0. The van der Waals surface area contributed by atoms with Gasteiger partial charge in [-0.05, 0) is 49.3 Å². The van der Waals surface area contributed by atoms with Crippen LogP contribution in [0.4, 0.5) is 5.69 Å². The predicted molar refractivity (Wildman–Crippen MR) is 199 cm³/mol. The monoisotopic (exact) mass is 763 g/mol. The summed E-state index contributed by atoms with van der Waals surface area (Å²) in [6, 6.07) is 13.1. The Morgan fingerprint density at radius 2 is 1.82 bits per heavy atom. The number of likely N-dealkylation sites (tertiary alicyclic amines) is 1. The molecule has 0 radical (unpaired) electrons. The van der Waals surface area contributed by atoms with E-state index in [4.69, 9.17) is 9.47 Å². The average molecular weight is 765 g/mol. The minimum atomic E-state index is -1.37. The van der Waals surface area contributed by atoms with Crippen molar-refractivity contribution in [1.82, 2.24) is 10.2 Å². The number of aliphatic hydroxyl groups excluding tert-OH is 1. The van der Waals surface area contributed by atoms with Gasteiger partial charge in [-0.2, -0.15) is 0 Å². The molecule has 10 nitrogen and oxygen atoms in total. The van der Waals surface area contributed by atoms with Crippen molar-refractivity contribution in [3.05, 3.63) is 90.5 Å². The largest absolute Gasteiger partial charge is 0.455 e. The molecule has 1 spiro atoms. The van der Waals surface area contributed by atoms with E-state index in [0.717, 1.165) is 16.8 Å². The molecule has 1 unspecified atom stereocenters. The SMILES string of the molecule is C=CCCC(=O)NC[C@H](OC(=O)[C@@H]1[C@H]2O[C@@]3(CC2Br)[C@H](C(=O)N(CC=C)c2c(C)cccc2C)N([C@@H](CO)[C@@H](C)CC)C(=O)[C@@H]13)c1ccccc1. The lowest BCUT2D eigenvalue weighted by Gasteiger charge is -2.41. The Labute approximate surface area is 309 Å². The molecule has 2 N–H and O–H groups in total. The summed E-state index contributed by atoms with van der Waals surface area (Å²) in [7, 11) is 0. The van der Waals surface area contributed by atoms with Gasteiger partial charge in [-0.15, -0.1) is 13.2 Å². The number of anilines is 1. The molecule has 3 saturated heterocycles. The molecular weight excluding hydrogens is 714 g/mol. The number of halogens is 1. The number of fused-ring (bicyclic) bond motifs is 1. The van der Waals surface area contributed by atoms with Crippen LogP contribution in [0.25, 0.3) is 0 Å². The van der Waals surface area contributed by atoms with Crippen molar-refractivity contribution < 1.29 is 33.8 Å². The maximum Gasteiger partial charge on any atom is 0.313 e. The number of benzene rings is 2. The Hall–Kier alpha value is -3.80. The molecule has 11 heteroatoms. The first-order valence-corrected chi connectivity index (χ1v) is 18.7. The molecule has 0 aromatic heterocycles. The number of carbonyl (C=O) groups is 4. The van der Waals surface area contributed by atoms with Crippen molar-refractivity contribution in [3.8, 4) is 0 Å². The highest BCUT2D eigenvalue weighted by Crippen LogP contribution is 2.61. The van der Waals surface area contributed by atoms with Gasteiger partial charge < -0.3 is 29.7 Å². The lowest BCUT2D eigenvalue weighted by molar-refractivity contribution is -0.161. The molecule has 3 amide bonds. The Morgan fingerprint density at radius 3 is 2.43 bits per heavy atom. The maximum absolute atomic E-state index is 15.2. The third kappa shape index (κ3) is 7.17. The van der Waals surface area contributed by atoms with E-state index in [1.54, 1.807) is 17.1 Å². The average Bonchev–Trinajstić information content (AvgIpc) is 3.72. The van der Waals surface area contributed by atoms with Crippen LogP contribution in [0.5, 0.6) is 0 Å². The molecule has 0 saturated carbocycles. The number of alkyl halides is 1. The van der Waals surface area contributed by atoms with E-state index in [9.17, 15) is 19.5 Å².